The van der Waals surface area contributed by atoms with Gasteiger partial charge in [0.15, 0.2) is 0 Å². The maximum atomic E-state index is 13.0. The van der Waals surface area contributed by atoms with Gasteiger partial charge in [-0.2, -0.15) is 0 Å². The summed E-state index contributed by atoms with van der Waals surface area (Å²) in [5.41, 5.74) is 1.24. The Bertz CT molecular complexity index is 977. The molecule has 1 aromatic heterocycles. The quantitative estimate of drug-likeness (QED) is 0.672. The molecule has 1 heterocycles. The lowest BCUT2D eigenvalue weighted by Gasteiger charge is -2.10. The second-order valence-corrected chi connectivity index (χ2v) is 5.41. The van der Waals surface area contributed by atoms with Crippen molar-refractivity contribution in [3.05, 3.63) is 78.0 Å². The molecule has 0 aliphatic rings. The number of carbonyl (C=O) groups is 2. The van der Waals surface area contributed by atoms with Gasteiger partial charge < -0.3 is 15.4 Å². The van der Waals surface area contributed by atoms with Crippen molar-refractivity contribution in [2.24, 2.45) is 0 Å². The van der Waals surface area contributed by atoms with Gasteiger partial charge in [-0.1, -0.05) is 12.1 Å². The number of carbonyl (C=O) groups excluding carboxylic acids is 2. The van der Waals surface area contributed by atoms with Crippen LogP contribution < -0.4 is 10.6 Å². The molecule has 7 nitrogen and oxygen atoms in total. The Morgan fingerprint density at radius 2 is 1.78 bits per heavy atom. The summed E-state index contributed by atoms with van der Waals surface area (Å²) in [6, 6.07) is 13.6. The van der Waals surface area contributed by atoms with Crippen molar-refractivity contribution in [1.82, 2.24) is 9.97 Å². The normalized spacial score (nSPS) is 10.1. The minimum absolute atomic E-state index is 0.0919. The van der Waals surface area contributed by atoms with Gasteiger partial charge in [0, 0.05) is 11.8 Å². The molecular weight excluding hydrogens is 351 g/mol. The zero-order valence-electron chi connectivity index (χ0n) is 14.3. The van der Waals surface area contributed by atoms with Gasteiger partial charge in [-0.25, -0.2) is 19.2 Å². The highest BCUT2D eigenvalue weighted by atomic mass is 19.1. The highest BCUT2D eigenvalue weighted by Gasteiger charge is 2.15. The zero-order valence-corrected chi connectivity index (χ0v) is 14.3. The van der Waals surface area contributed by atoms with Gasteiger partial charge in [0.25, 0.3) is 5.91 Å². The topological polar surface area (TPSA) is 93.2 Å². The number of methoxy groups -OCH3 is 1. The van der Waals surface area contributed by atoms with Crippen molar-refractivity contribution in [3.63, 3.8) is 0 Å². The molecule has 0 saturated carbocycles. The number of nitrogens with zero attached hydrogens (tertiary/aromatic N) is 2. The fourth-order valence-electron chi connectivity index (χ4n) is 2.30. The van der Waals surface area contributed by atoms with E-state index in [9.17, 15) is 14.0 Å². The van der Waals surface area contributed by atoms with Crippen molar-refractivity contribution in [1.29, 1.82) is 0 Å². The summed E-state index contributed by atoms with van der Waals surface area (Å²) in [6.45, 7) is 0. The molecule has 1 amide bonds. The van der Waals surface area contributed by atoms with Crippen LogP contribution in [0.5, 0.6) is 0 Å². The first-order chi connectivity index (χ1) is 13.1. The largest absolute Gasteiger partial charge is 0.465 e. The Labute approximate surface area is 154 Å². The van der Waals surface area contributed by atoms with Gasteiger partial charge in [-0.05, 0) is 36.4 Å². The molecule has 3 rings (SSSR count). The van der Waals surface area contributed by atoms with Gasteiger partial charge in [0.05, 0.1) is 18.4 Å². The van der Waals surface area contributed by atoms with Crippen LogP contribution in [0.3, 0.4) is 0 Å². The molecule has 27 heavy (non-hydrogen) atoms. The monoisotopic (exact) mass is 366 g/mol. The smallest absolute Gasteiger partial charge is 0.339 e. The molecule has 0 aliphatic heterocycles. The van der Waals surface area contributed by atoms with Crippen LogP contribution in [0, 0.1) is 5.82 Å². The third-order valence-corrected chi connectivity index (χ3v) is 3.60. The van der Waals surface area contributed by atoms with Crippen molar-refractivity contribution in [2.45, 2.75) is 0 Å². The molecule has 0 aliphatic carbocycles. The first-order valence-electron chi connectivity index (χ1n) is 7.90. The summed E-state index contributed by atoms with van der Waals surface area (Å²) < 4.78 is 17.7. The van der Waals surface area contributed by atoms with Gasteiger partial charge in [0.2, 0.25) is 0 Å². The number of aromatic nitrogens is 2. The van der Waals surface area contributed by atoms with E-state index in [1.54, 1.807) is 36.4 Å². The minimum atomic E-state index is -0.563. The number of nitrogens with one attached hydrogen (secondary N) is 2. The first kappa shape index (κ1) is 18.0. The maximum Gasteiger partial charge on any atom is 0.339 e. The maximum absolute atomic E-state index is 13.0. The van der Waals surface area contributed by atoms with Crippen molar-refractivity contribution in [2.75, 3.05) is 17.7 Å². The number of rotatable bonds is 5. The number of ether oxygens (including phenoxy) is 1. The Kier molecular flexibility index (Phi) is 5.36. The van der Waals surface area contributed by atoms with E-state index in [0.29, 0.717) is 17.2 Å². The number of anilines is 3. The number of hydrogen-bond acceptors (Lipinski definition) is 6. The van der Waals surface area contributed by atoms with E-state index in [4.69, 9.17) is 4.74 Å². The van der Waals surface area contributed by atoms with Crippen molar-refractivity contribution >= 4 is 29.1 Å². The lowest BCUT2D eigenvalue weighted by atomic mass is 10.1. The summed E-state index contributed by atoms with van der Waals surface area (Å²) in [7, 11) is 1.26. The molecule has 2 aromatic carbocycles. The predicted molar refractivity (Wildman–Crippen MR) is 97.4 cm³/mol. The highest BCUT2D eigenvalue weighted by Crippen LogP contribution is 2.18. The zero-order chi connectivity index (χ0) is 19.2. The number of halogens is 1. The molecule has 0 atom stereocenters. The van der Waals surface area contributed by atoms with Crippen LogP contribution in [0.4, 0.5) is 21.6 Å². The van der Waals surface area contributed by atoms with E-state index in [-0.39, 0.29) is 17.1 Å². The lowest BCUT2D eigenvalue weighted by Crippen LogP contribution is -2.17. The third-order valence-electron chi connectivity index (χ3n) is 3.60. The summed E-state index contributed by atoms with van der Waals surface area (Å²) in [5, 5.41) is 5.59. The Balaban J connectivity index is 1.78. The summed E-state index contributed by atoms with van der Waals surface area (Å²) >= 11 is 0. The van der Waals surface area contributed by atoms with Crippen LogP contribution in [-0.4, -0.2) is 29.0 Å². The summed E-state index contributed by atoms with van der Waals surface area (Å²) in [6.07, 6.45) is 1.23. The predicted octanol–water partition coefficient (Wildman–Crippen LogP) is 3.40. The molecule has 0 saturated heterocycles. The van der Waals surface area contributed by atoms with Crippen LogP contribution in [0.1, 0.15) is 20.8 Å². The molecule has 2 N–H and O–H groups in total. The second kappa shape index (κ2) is 8.05. The lowest BCUT2D eigenvalue weighted by molar-refractivity contribution is 0.0602. The van der Waals surface area contributed by atoms with E-state index >= 15 is 0 Å². The summed E-state index contributed by atoms with van der Waals surface area (Å²) in [5.74, 6) is -1.07. The Morgan fingerprint density at radius 3 is 2.52 bits per heavy atom. The molecule has 3 aromatic rings. The van der Waals surface area contributed by atoms with E-state index < -0.39 is 11.9 Å². The fraction of sp³-hybridized carbons (Fsp3) is 0.0526. The summed E-state index contributed by atoms with van der Waals surface area (Å²) in [4.78, 5) is 32.3. The molecule has 136 valence electrons. The standard InChI is InChI=1S/C19H15FN4O3/c1-27-19(26)14-4-2-3-5-15(14)24-18(25)16-10-17(22-11-21-16)23-13-8-6-12(20)7-9-13/h2-11H,1H3,(H,24,25)(H,21,22,23). The van der Waals surface area contributed by atoms with Gasteiger partial charge >= 0.3 is 5.97 Å². The number of hydrogen-bond donors (Lipinski definition) is 2. The average molecular weight is 366 g/mol. The Hall–Kier alpha value is -3.81. The SMILES string of the molecule is COC(=O)c1ccccc1NC(=O)c1cc(Nc2ccc(F)cc2)ncn1. The van der Waals surface area contributed by atoms with E-state index in [1.807, 2.05) is 0 Å². The van der Waals surface area contributed by atoms with E-state index in [2.05, 4.69) is 20.6 Å². The highest BCUT2D eigenvalue weighted by molar-refractivity contribution is 6.07. The molecule has 0 bridgehead atoms. The van der Waals surface area contributed by atoms with E-state index in [1.165, 1.54) is 31.6 Å². The van der Waals surface area contributed by atoms with Gasteiger partial charge in [0.1, 0.15) is 23.7 Å². The number of para-hydroxylation sites is 1. The van der Waals surface area contributed by atoms with Crippen LogP contribution in [0.25, 0.3) is 0 Å². The van der Waals surface area contributed by atoms with Crippen LogP contribution in [0.15, 0.2) is 60.9 Å². The van der Waals surface area contributed by atoms with Crippen LogP contribution in [0.2, 0.25) is 0 Å². The van der Waals surface area contributed by atoms with Crippen LogP contribution >= 0.6 is 0 Å². The molecule has 0 spiro atoms. The molecule has 8 heteroatoms. The molecule has 0 fully saturated rings. The number of esters is 1. The molecular formula is C19H15FN4O3. The minimum Gasteiger partial charge on any atom is -0.465 e. The average Bonchev–Trinajstić information content (AvgIpc) is 2.70. The second-order valence-electron chi connectivity index (χ2n) is 5.41. The van der Waals surface area contributed by atoms with Crippen LogP contribution in [-0.2, 0) is 4.74 Å². The van der Waals surface area contributed by atoms with Gasteiger partial charge in [-0.3, -0.25) is 4.79 Å². The fourth-order valence-corrected chi connectivity index (χ4v) is 2.30. The van der Waals surface area contributed by atoms with Crippen molar-refractivity contribution in [3.8, 4) is 0 Å². The molecule has 0 unspecified atom stereocenters. The Morgan fingerprint density at radius 1 is 1.04 bits per heavy atom. The van der Waals surface area contributed by atoms with Gasteiger partial charge in [-0.15, -0.1) is 0 Å². The third kappa shape index (κ3) is 4.43. The first-order valence-corrected chi connectivity index (χ1v) is 7.90. The number of benzene rings is 2. The van der Waals surface area contributed by atoms with E-state index in [0.717, 1.165) is 0 Å². The van der Waals surface area contributed by atoms with Crippen molar-refractivity contribution < 1.29 is 18.7 Å². The number of amides is 1. The molecule has 0 radical (unpaired) electrons.